The van der Waals surface area contributed by atoms with E-state index in [9.17, 15) is 9.59 Å². The van der Waals surface area contributed by atoms with Gasteiger partial charge in [-0.05, 0) is 41.7 Å². The number of carbonyl (C=O) groups excluding carboxylic acids is 2. The van der Waals surface area contributed by atoms with Crippen molar-refractivity contribution in [1.82, 2.24) is 15.3 Å². The van der Waals surface area contributed by atoms with E-state index in [-0.39, 0.29) is 17.1 Å². The van der Waals surface area contributed by atoms with Gasteiger partial charge in [0, 0.05) is 47.9 Å². The van der Waals surface area contributed by atoms with Crippen LogP contribution in [0.5, 0.6) is 0 Å². The number of ketones is 1. The number of amides is 1. The summed E-state index contributed by atoms with van der Waals surface area (Å²) in [5.41, 5.74) is 2.90. The van der Waals surface area contributed by atoms with Crippen molar-refractivity contribution in [3.05, 3.63) is 78.0 Å². The Morgan fingerprint density at radius 2 is 1.93 bits per heavy atom. The Labute approximate surface area is 170 Å². The summed E-state index contributed by atoms with van der Waals surface area (Å²) in [6.07, 6.45) is 6.19. The third-order valence-corrected chi connectivity index (χ3v) is 5.52. The first kappa shape index (κ1) is 19.1. The number of nitrogens with zero attached hydrogens (tertiary/aromatic N) is 2. The van der Waals surface area contributed by atoms with Gasteiger partial charge >= 0.3 is 0 Å². The summed E-state index contributed by atoms with van der Waals surface area (Å²) in [6.45, 7) is 8.31. The van der Waals surface area contributed by atoms with Crippen molar-refractivity contribution in [2.75, 3.05) is 5.32 Å². The predicted molar refractivity (Wildman–Crippen MR) is 111 cm³/mol. The quantitative estimate of drug-likeness (QED) is 0.840. The van der Waals surface area contributed by atoms with Crippen LogP contribution in [0.3, 0.4) is 0 Å². The lowest BCUT2D eigenvalue weighted by Crippen LogP contribution is -2.44. The van der Waals surface area contributed by atoms with Crippen LogP contribution in [0.25, 0.3) is 0 Å². The Morgan fingerprint density at radius 3 is 2.62 bits per heavy atom. The minimum Gasteiger partial charge on any atom is -0.362 e. The number of carbonyl (C=O) groups is 2. The molecule has 0 saturated carbocycles. The number of hydrogen-bond acceptors (Lipinski definition) is 5. The van der Waals surface area contributed by atoms with E-state index in [2.05, 4.69) is 41.0 Å². The van der Waals surface area contributed by atoms with Crippen LogP contribution in [0.2, 0.25) is 0 Å². The zero-order chi connectivity index (χ0) is 20.6. The zero-order valence-corrected chi connectivity index (χ0v) is 16.6. The maximum absolute atomic E-state index is 13.3. The number of allylic oxidation sites excluding steroid dienone is 2. The first-order chi connectivity index (χ1) is 13.9. The summed E-state index contributed by atoms with van der Waals surface area (Å²) in [4.78, 5) is 34.7. The minimum atomic E-state index is -0.636. The van der Waals surface area contributed by atoms with Crippen LogP contribution in [-0.4, -0.2) is 21.7 Å². The molecule has 3 heterocycles. The molecular weight excluding hydrogens is 364 g/mol. The lowest BCUT2D eigenvalue weighted by molar-refractivity contribution is -0.120. The van der Waals surface area contributed by atoms with Gasteiger partial charge in [0.05, 0.1) is 5.92 Å². The fourth-order valence-corrected chi connectivity index (χ4v) is 4.33. The highest BCUT2D eigenvalue weighted by atomic mass is 16.2. The van der Waals surface area contributed by atoms with Gasteiger partial charge in [-0.1, -0.05) is 26.5 Å². The summed E-state index contributed by atoms with van der Waals surface area (Å²) < 4.78 is 0. The molecule has 148 valence electrons. The van der Waals surface area contributed by atoms with Crippen molar-refractivity contribution in [3.63, 3.8) is 0 Å². The predicted octanol–water partition coefficient (Wildman–Crippen LogP) is 3.58. The minimum absolute atomic E-state index is 0.0775. The van der Waals surface area contributed by atoms with Crippen molar-refractivity contribution in [1.29, 1.82) is 0 Å². The summed E-state index contributed by atoms with van der Waals surface area (Å²) in [6, 6.07) is 9.06. The van der Waals surface area contributed by atoms with Crippen molar-refractivity contribution >= 4 is 17.5 Å². The summed E-state index contributed by atoms with van der Waals surface area (Å²) >= 11 is 0. The highest BCUT2D eigenvalue weighted by molar-refractivity contribution is 6.03. The van der Waals surface area contributed by atoms with E-state index in [1.807, 2.05) is 18.2 Å². The van der Waals surface area contributed by atoms with E-state index in [0.717, 1.165) is 17.7 Å². The Hall–Kier alpha value is -3.28. The molecule has 0 aromatic carbocycles. The first-order valence-electron chi connectivity index (χ1n) is 9.69. The van der Waals surface area contributed by atoms with Gasteiger partial charge in [0.25, 0.3) is 0 Å². The molecule has 1 amide bonds. The van der Waals surface area contributed by atoms with E-state index < -0.39 is 11.8 Å². The molecule has 6 nitrogen and oxygen atoms in total. The number of hydrogen-bond donors (Lipinski definition) is 2. The van der Waals surface area contributed by atoms with Gasteiger partial charge in [0.2, 0.25) is 5.91 Å². The van der Waals surface area contributed by atoms with Crippen LogP contribution < -0.4 is 10.6 Å². The van der Waals surface area contributed by atoms with Crippen LogP contribution in [-0.2, 0) is 9.59 Å². The van der Waals surface area contributed by atoms with Crippen LogP contribution in [0.4, 0.5) is 5.82 Å². The molecule has 1 aliphatic heterocycles. The molecule has 2 aliphatic rings. The molecule has 4 rings (SSSR count). The summed E-state index contributed by atoms with van der Waals surface area (Å²) in [7, 11) is 0. The second-order valence-corrected chi connectivity index (χ2v) is 8.42. The average Bonchev–Trinajstić information content (AvgIpc) is 2.67. The van der Waals surface area contributed by atoms with Crippen molar-refractivity contribution in [3.8, 4) is 0 Å². The van der Waals surface area contributed by atoms with Gasteiger partial charge in [-0.25, -0.2) is 4.98 Å². The third-order valence-electron chi connectivity index (χ3n) is 5.52. The fraction of sp³-hybridized carbons (Fsp3) is 0.304. The maximum Gasteiger partial charge on any atom is 0.235 e. The molecule has 1 aliphatic carbocycles. The standard InChI is InChI=1S/C23H24N4O2/c1-14-19(22(29)27-18-6-4-5-9-25-18)20(15-7-10-24-11-8-15)21-16(26-14)12-23(2,3)13-17(21)28/h4-11,19-20,26H,1,12-13H2,2-3H3,(H,25,27,29). The number of nitrogens with one attached hydrogen (secondary N) is 2. The highest BCUT2D eigenvalue weighted by Crippen LogP contribution is 2.47. The molecule has 2 atom stereocenters. The van der Waals surface area contributed by atoms with Gasteiger partial charge in [-0.2, -0.15) is 0 Å². The smallest absolute Gasteiger partial charge is 0.235 e. The summed E-state index contributed by atoms with van der Waals surface area (Å²) in [5, 5.41) is 6.16. The molecule has 0 bridgehead atoms. The van der Waals surface area contributed by atoms with Crippen molar-refractivity contribution < 1.29 is 9.59 Å². The molecule has 6 heteroatoms. The third kappa shape index (κ3) is 3.70. The van der Waals surface area contributed by atoms with E-state index in [1.165, 1.54) is 0 Å². The first-order valence-corrected chi connectivity index (χ1v) is 9.69. The van der Waals surface area contributed by atoms with E-state index >= 15 is 0 Å². The van der Waals surface area contributed by atoms with E-state index in [4.69, 9.17) is 0 Å². The van der Waals surface area contributed by atoms with E-state index in [1.54, 1.807) is 30.7 Å². The average molecular weight is 388 g/mol. The Bertz CT molecular complexity index is 996. The lowest BCUT2D eigenvalue weighted by Gasteiger charge is -2.42. The van der Waals surface area contributed by atoms with E-state index in [0.29, 0.717) is 23.5 Å². The van der Waals surface area contributed by atoms with Crippen molar-refractivity contribution in [2.45, 2.75) is 32.6 Å². The SMILES string of the molecule is C=C1NC2=C(C(=O)CC(C)(C)C2)C(c2ccncc2)C1C(=O)Nc1ccccn1. The molecule has 0 fully saturated rings. The number of Topliss-reactive ketones (excluding diaryl/α,β-unsaturated/α-hetero) is 1. The maximum atomic E-state index is 13.3. The van der Waals surface area contributed by atoms with Gasteiger partial charge in [0.1, 0.15) is 5.82 Å². The van der Waals surface area contributed by atoms with Crippen molar-refractivity contribution in [2.24, 2.45) is 11.3 Å². The van der Waals surface area contributed by atoms with Crippen LogP contribution >= 0.6 is 0 Å². The summed E-state index contributed by atoms with van der Waals surface area (Å²) in [5.74, 6) is -0.743. The molecular formula is C23H24N4O2. The van der Waals surface area contributed by atoms with Gasteiger partial charge in [-0.3, -0.25) is 14.6 Å². The fourth-order valence-electron chi connectivity index (χ4n) is 4.33. The zero-order valence-electron chi connectivity index (χ0n) is 16.6. The lowest BCUT2D eigenvalue weighted by atomic mass is 9.66. The number of rotatable bonds is 3. The van der Waals surface area contributed by atoms with Crippen LogP contribution in [0.15, 0.2) is 72.5 Å². The molecule has 29 heavy (non-hydrogen) atoms. The number of aromatic nitrogens is 2. The molecule has 2 N–H and O–H groups in total. The van der Waals surface area contributed by atoms with Gasteiger partial charge in [0.15, 0.2) is 5.78 Å². The monoisotopic (exact) mass is 388 g/mol. The molecule has 0 spiro atoms. The Balaban J connectivity index is 1.78. The normalized spacial score (nSPS) is 23.2. The second-order valence-electron chi connectivity index (χ2n) is 8.42. The Morgan fingerprint density at radius 1 is 1.17 bits per heavy atom. The molecule has 0 saturated heterocycles. The molecule has 0 radical (unpaired) electrons. The topological polar surface area (TPSA) is 84.0 Å². The molecule has 2 aromatic heterocycles. The largest absolute Gasteiger partial charge is 0.362 e. The molecule has 2 unspecified atom stereocenters. The van der Waals surface area contributed by atoms with Gasteiger partial charge in [-0.15, -0.1) is 0 Å². The number of anilines is 1. The highest BCUT2D eigenvalue weighted by Gasteiger charge is 2.46. The van der Waals surface area contributed by atoms with Crippen LogP contribution in [0.1, 0.15) is 38.2 Å². The molecule has 2 aromatic rings. The van der Waals surface area contributed by atoms with Crippen LogP contribution in [0, 0.1) is 11.3 Å². The van der Waals surface area contributed by atoms with Gasteiger partial charge < -0.3 is 10.6 Å². The Kier molecular flexibility index (Phi) is 4.78. The second kappa shape index (κ2) is 7.28. The number of pyridine rings is 2.